The van der Waals surface area contributed by atoms with Gasteiger partial charge < -0.3 is 9.36 Å². The number of Topliss-reactive ketones (excluding diaryl/α,β-unsaturated/α-hetero) is 1. The number of benzene rings is 2. The van der Waals surface area contributed by atoms with Gasteiger partial charge in [-0.2, -0.15) is 0 Å². The predicted molar refractivity (Wildman–Crippen MR) is 96.2 cm³/mol. The van der Waals surface area contributed by atoms with Crippen molar-refractivity contribution < 1.29 is 4.79 Å². The van der Waals surface area contributed by atoms with Gasteiger partial charge in [-0.1, -0.05) is 50.2 Å². The molecular weight excluding hydrogens is 282 g/mol. The Hall–Kier alpha value is -2.35. The molecule has 0 saturated heterocycles. The van der Waals surface area contributed by atoms with Crippen molar-refractivity contribution in [2.75, 3.05) is 0 Å². The van der Waals surface area contributed by atoms with Crippen LogP contribution in [0.3, 0.4) is 0 Å². The van der Waals surface area contributed by atoms with E-state index in [1.165, 1.54) is 22.2 Å². The first kappa shape index (κ1) is 15.5. The zero-order chi connectivity index (χ0) is 16.4. The third-order valence-corrected chi connectivity index (χ3v) is 4.73. The fourth-order valence-electron chi connectivity index (χ4n) is 3.31. The van der Waals surface area contributed by atoms with Crippen LogP contribution in [0.2, 0.25) is 0 Å². The highest BCUT2D eigenvalue weighted by atomic mass is 16.1. The summed E-state index contributed by atoms with van der Waals surface area (Å²) in [5.41, 5.74) is 3.70. The second kappa shape index (κ2) is 6.41. The minimum Gasteiger partial charge on any atom is -0.316 e. The molecule has 23 heavy (non-hydrogen) atoms. The number of carbonyl (C=O) groups is 1. The Morgan fingerprint density at radius 3 is 2.35 bits per heavy atom. The van der Waals surface area contributed by atoms with Crippen LogP contribution in [0.25, 0.3) is 16.6 Å². The highest BCUT2D eigenvalue weighted by Gasteiger charge is 2.20. The Balaban J connectivity index is 2.10. The van der Waals surface area contributed by atoms with Gasteiger partial charge in [0.15, 0.2) is 0 Å². The van der Waals surface area contributed by atoms with E-state index in [0.29, 0.717) is 18.3 Å². The molecule has 1 aromatic heterocycles. The van der Waals surface area contributed by atoms with Gasteiger partial charge in [0.2, 0.25) is 0 Å². The second-order valence-corrected chi connectivity index (χ2v) is 6.48. The summed E-state index contributed by atoms with van der Waals surface area (Å²) in [5, 5.41) is 1.28. The lowest BCUT2D eigenvalue weighted by molar-refractivity contribution is -0.117. The maximum atomic E-state index is 11.5. The van der Waals surface area contributed by atoms with Gasteiger partial charge in [0.1, 0.15) is 5.78 Å². The van der Waals surface area contributed by atoms with Crippen LogP contribution in [0.1, 0.15) is 38.7 Å². The Morgan fingerprint density at radius 1 is 1.00 bits per heavy atom. The molecule has 118 valence electrons. The number of carbonyl (C=O) groups excluding carboxylic acids is 1. The molecule has 3 aromatic rings. The molecule has 2 aromatic carbocycles. The van der Waals surface area contributed by atoms with Crippen molar-refractivity contribution in [2.24, 2.45) is 5.92 Å². The second-order valence-electron chi connectivity index (χ2n) is 6.48. The van der Waals surface area contributed by atoms with Crippen molar-refractivity contribution in [1.82, 2.24) is 4.57 Å². The van der Waals surface area contributed by atoms with Gasteiger partial charge in [0.05, 0.1) is 5.52 Å². The van der Waals surface area contributed by atoms with Crippen molar-refractivity contribution in [3.8, 4) is 5.69 Å². The van der Waals surface area contributed by atoms with Crippen LogP contribution in [0.15, 0.2) is 60.8 Å². The third-order valence-electron chi connectivity index (χ3n) is 4.73. The van der Waals surface area contributed by atoms with Gasteiger partial charge in [-0.3, -0.25) is 0 Å². The summed E-state index contributed by atoms with van der Waals surface area (Å²) in [5.74, 6) is 0.937. The number of hydrogen-bond donors (Lipinski definition) is 0. The highest BCUT2D eigenvalue weighted by molar-refractivity contribution is 5.86. The first-order valence-corrected chi connectivity index (χ1v) is 8.22. The van der Waals surface area contributed by atoms with Crippen molar-refractivity contribution in [3.05, 3.63) is 66.4 Å². The normalized spacial score (nSPS) is 13.9. The molecule has 0 fully saturated rings. The van der Waals surface area contributed by atoms with Gasteiger partial charge in [-0.15, -0.1) is 0 Å². The van der Waals surface area contributed by atoms with E-state index in [-0.39, 0.29) is 5.78 Å². The van der Waals surface area contributed by atoms with Crippen LogP contribution in [-0.4, -0.2) is 10.4 Å². The van der Waals surface area contributed by atoms with E-state index < -0.39 is 0 Å². The largest absolute Gasteiger partial charge is 0.316 e. The summed E-state index contributed by atoms with van der Waals surface area (Å²) in [6, 6.07) is 18.9. The SMILES string of the molecule is CC(=O)C[C@@H](C)[C@@H](C)c1cn(-c2ccccc2)c2ccccc12. The average molecular weight is 305 g/mol. The summed E-state index contributed by atoms with van der Waals surface area (Å²) < 4.78 is 2.25. The summed E-state index contributed by atoms with van der Waals surface area (Å²) in [7, 11) is 0. The molecule has 0 unspecified atom stereocenters. The Bertz CT molecular complexity index is 816. The first-order chi connectivity index (χ1) is 11.1. The molecule has 0 amide bonds. The number of para-hydroxylation sites is 2. The summed E-state index contributed by atoms with van der Waals surface area (Å²) >= 11 is 0. The molecule has 0 bridgehead atoms. The molecule has 2 atom stereocenters. The Kier molecular flexibility index (Phi) is 4.33. The number of fused-ring (bicyclic) bond motifs is 1. The van der Waals surface area contributed by atoms with Crippen molar-refractivity contribution in [2.45, 2.75) is 33.1 Å². The lowest BCUT2D eigenvalue weighted by Crippen LogP contribution is -2.09. The molecule has 2 heteroatoms. The van der Waals surface area contributed by atoms with Crippen molar-refractivity contribution >= 4 is 16.7 Å². The molecule has 3 rings (SSSR count). The van der Waals surface area contributed by atoms with Crippen LogP contribution in [0.5, 0.6) is 0 Å². The Morgan fingerprint density at radius 2 is 1.65 bits per heavy atom. The zero-order valence-corrected chi connectivity index (χ0v) is 14.0. The number of nitrogens with zero attached hydrogens (tertiary/aromatic N) is 1. The predicted octanol–water partition coefficient (Wildman–Crippen LogP) is 5.35. The number of ketones is 1. The van der Waals surface area contributed by atoms with Gasteiger partial charge in [0, 0.05) is 23.7 Å². The lowest BCUT2D eigenvalue weighted by Gasteiger charge is -2.18. The van der Waals surface area contributed by atoms with Crippen LogP contribution < -0.4 is 0 Å². The van der Waals surface area contributed by atoms with E-state index in [1.54, 1.807) is 6.92 Å². The average Bonchev–Trinajstić information content (AvgIpc) is 2.94. The smallest absolute Gasteiger partial charge is 0.130 e. The molecule has 0 radical (unpaired) electrons. The maximum Gasteiger partial charge on any atom is 0.130 e. The summed E-state index contributed by atoms with van der Waals surface area (Å²) in [6.45, 7) is 6.07. The molecule has 0 saturated carbocycles. The van der Waals surface area contributed by atoms with Crippen LogP contribution >= 0.6 is 0 Å². The van der Waals surface area contributed by atoms with E-state index in [4.69, 9.17) is 0 Å². The van der Waals surface area contributed by atoms with Gasteiger partial charge in [-0.25, -0.2) is 0 Å². The monoisotopic (exact) mass is 305 g/mol. The van der Waals surface area contributed by atoms with E-state index in [9.17, 15) is 4.79 Å². The van der Waals surface area contributed by atoms with Gasteiger partial charge >= 0.3 is 0 Å². The highest BCUT2D eigenvalue weighted by Crippen LogP contribution is 2.34. The first-order valence-electron chi connectivity index (χ1n) is 8.22. The van der Waals surface area contributed by atoms with Crippen molar-refractivity contribution in [3.63, 3.8) is 0 Å². The Labute approximate surface area is 137 Å². The number of aromatic nitrogens is 1. The van der Waals surface area contributed by atoms with Crippen LogP contribution in [-0.2, 0) is 4.79 Å². The lowest BCUT2D eigenvalue weighted by atomic mass is 9.86. The van der Waals surface area contributed by atoms with E-state index in [1.807, 2.05) is 6.07 Å². The molecule has 0 aliphatic rings. The van der Waals surface area contributed by atoms with E-state index in [2.05, 4.69) is 73.1 Å². The third kappa shape index (κ3) is 3.07. The number of hydrogen-bond acceptors (Lipinski definition) is 1. The topological polar surface area (TPSA) is 22.0 Å². The molecule has 0 spiro atoms. The molecule has 1 heterocycles. The quantitative estimate of drug-likeness (QED) is 0.623. The fraction of sp³-hybridized carbons (Fsp3) is 0.286. The molecular formula is C21H23NO. The minimum absolute atomic E-state index is 0.260. The molecule has 2 nitrogen and oxygen atoms in total. The van der Waals surface area contributed by atoms with Gasteiger partial charge in [-0.05, 0) is 42.5 Å². The van der Waals surface area contributed by atoms with E-state index >= 15 is 0 Å². The molecule has 0 aliphatic heterocycles. The van der Waals surface area contributed by atoms with Crippen LogP contribution in [0, 0.1) is 5.92 Å². The summed E-state index contributed by atoms with van der Waals surface area (Å²) in [4.78, 5) is 11.5. The van der Waals surface area contributed by atoms with E-state index in [0.717, 1.165) is 0 Å². The molecule has 0 aliphatic carbocycles. The number of rotatable bonds is 5. The fourth-order valence-corrected chi connectivity index (χ4v) is 3.31. The standard InChI is InChI=1S/C21H23NO/c1-15(13-16(2)23)17(3)20-14-22(18-9-5-4-6-10-18)21-12-8-7-11-19(20)21/h4-12,14-15,17H,13H2,1-3H3/t15-,17-/m1/s1. The van der Waals surface area contributed by atoms with Crippen molar-refractivity contribution in [1.29, 1.82) is 0 Å². The van der Waals surface area contributed by atoms with Crippen LogP contribution in [0.4, 0.5) is 0 Å². The van der Waals surface area contributed by atoms with Gasteiger partial charge in [0.25, 0.3) is 0 Å². The summed E-state index contributed by atoms with van der Waals surface area (Å²) in [6.07, 6.45) is 2.87. The molecule has 0 N–H and O–H groups in total. The zero-order valence-electron chi connectivity index (χ0n) is 14.0. The maximum absolute atomic E-state index is 11.5. The minimum atomic E-state index is 0.260.